The molecule has 1 aliphatic heterocycles. The summed E-state index contributed by atoms with van der Waals surface area (Å²) in [5.41, 5.74) is 1.58. The number of rotatable bonds is 4. The van der Waals surface area contributed by atoms with Gasteiger partial charge in [-0.25, -0.2) is 9.59 Å². The molecule has 1 atom stereocenters. The summed E-state index contributed by atoms with van der Waals surface area (Å²) in [4.78, 5) is 35.9. The van der Waals surface area contributed by atoms with Crippen LogP contribution in [0.25, 0.3) is 0 Å². The van der Waals surface area contributed by atoms with Crippen LogP contribution < -0.4 is 5.32 Å². The second-order valence-electron chi connectivity index (χ2n) is 4.89. The maximum Gasteiger partial charge on any atom is 0.350 e. The van der Waals surface area contributed by atoms with Crippen LogP contribution in [0, 0.1) is 0 Å². The number of cyclic esters (lactones) is 1. The highest BCUT2D eigenvalue weighted by molar-refractivity contribution is 7.12. The summed E-state index contributed by atoms with van der Waals surface area (Å²) in [6, 6.07) is 8.60. The monoisotopic (exact) mass is 331 g/mol. The van der Waals surface area contributed by atoms with Crippen LogP contribution in [0.1, 0.15) is 38.1 Å². The van der Waals surface area contributed by atoms with Crippen LogP contribution in [0.2, 0.25) is 0 Å². The van der Waals surface area contributed by atoms with Crippen molar-refractivity contribution in [3.8, 4) is 0 Å². The molecule has 1 N–H and O–H groups in total. The molecule has 0 aliphatic carbocycles. The Kier molecular flexibility index (Phi) is 4.12. The van der Waals surface area contributed by atoms with Gasteiger partial charge in [-0.05, 0) is 17.5 Å². The fraction of sp³-hybridized carbons (Fsp3) is 0.188. The summed E-state index contributed by atoms with van der Waals surface area (Å²) >= 11 is 1.18. The first-order chi connectivity index (χ1) is 11.1. The Morgan fingerprint density at radius 1 is 1.30 bits per heavy atom. The van der Waals surface area contributed by atoms with Crippen molar-refractivity contribution >= 4 is 34.9 Å². The number of hydrogen-bond acceptors (Lipinski definition) is 6. The van der Waals surface area contributed by atoms with E-state index < -0.39 is 18.0 Å². The first-order valence-electron chi connectivity index (χ1n) is 6.85. The third-order valence-corrected chi connectivity index (χ3v) is 4.35. The Hall–Kier alpha value is -2.67. The van der Waals surface area contributed by atoms with Crippen molar-refractivity contribution in [2.24, 2.45) is 0 Å². The number of fused-ring (bicyclic) bond motifs is 1. The number of amides is 1. The lowest BCUT2D eigenvalue weighted by molar-refractivity contribution is -0.118. The Balaban J connectivity index is 1.71. The van der Waals surface area contributed by atoms with Gasteiger partial charge in [-0.3, -0.25) is 4.79 Å². The number of hydrogen-bond donors (Lipinski definition) is 1. The van der Waals surface area contributed by atoms with Crippen LogP contribution in [0.3, 0.4) is 0 Å². The zero-order valence-electron chi connectivity index (χ0n) is 12.2. The molecule has 0 saturated carbocycles. The molecule has 3 rings (SSSR count). The molecule has 2 heterocycles. The number of carbonyl (C=O) groups is 3. The zero-order chi connectivity index (χ0) is 16.4. The SMILES string of the molecule is COC(=O)c1sccc1NC(=O)C[C@H]1OC(=O)c2ccccc21. The minimum absolute atomic E-state index is 0.0147. The highest BCUT2D eigenvalue weighted by atomic mass is 32.1. The van der Waals surface area contributed by atoms with E-state index in [1.807, 2.05) is 0 Å². The molecule has 1 amide bonds. The lowest BCUT2D eigenvalue weighted by atomic mass is 10.0. The van der Waals surface area contributed by atoms with E-state index in [1.165, 1.54) is 18.4 Å². The Bertz CT molecular complexity index is 782. The number of thiophene rings is 1. The Labute approximate surface area is 136 Å². The molecule has 0 fully saturated rings. The lowest BCUT2D eigenvalue weighted by Gasteiger charge is -2.11. The maximum absolute atomic E-state index is 12.2. The van der Waals surface area contributed by atoms with E-state index in [0.717, 1.165) is 0 Å². The van der Waals surface area contributed by atoms with E-state index in [2.05, 4.69) is 10.1 Å². The number of esters is 2. The first-order valence-corrected chi connectivity index (χ1v) is 7.73. The molecular weight excluding hydrogens is 318 g/mol. The summed E-state index contributed by atoms with van der Waals surface area (Å²) in [5.74, 6) is -1.28. The second kappa shape index (κ2) is 6.21. The van der Waals surface area contributed by atoms with Crippen molar-refractivity contribution in [2.75, 3.05) is 12.4 Å². The summed E-state index contributed by atoms with van der Waals surface area (Å²) in [7, 11) is 1.28. The minimum atomic E-state index is -0.612. The zero-order valence-corrected chi connectivity index (χ0v) is 13.0. The van der Waals surface area contributed by atoms with Gasteiger partial charge in [0.1, 0.15) is 11.0 Å². The predicted molar refractivity (Wildman–Crippen MR) is 83.5 cm³/mol. The number of carbonyl (C=O) groups excluding carboxylic acids is 3. The molecule has 0 bridgehead atoms. The fourth-order valence-electron chi connectivity index (χ4n) is 2.40. The van der Waals surface area contributed by atoms with Crippen LogP contribution in [0.4, 0.5) is 5.69 Å². The Morgan fingerprint density at radius 2 is 2.09 bits per heavy atom. The molecule has 0 spiro atoms. The molecule has 23 heavy (non-hydrogen) atoms. The molecule has 0 saturated heterocycles. The van der Waals surface area contributed by atoms with Crippen molar-refractivity contribution < 1.29 is 23.9 Å². The molecule has 1 aromatic carbocycles. The van der Waals surface area contributed by atoms with Crippen molar-refractivity contribution in [3.63, 3.8) is 0 Å². The summed E-state index contributed by atoms with van der Waals surface area (Å²) in [6.07, 6.45) is -0.627. The molecule has 118 valence electrons. The van der Waals surface area contributed by atoms with Gasteiger partial charge < -0.3 is 14.8 Å². The molecule has 0 radical (unpaired) electrons. The van der Waals surface area contributed by atoms with Crippen LogP contribution in [0.5, 0.6) is 0 Å². The van der Waals surface area contributed by atoms with E-state index in [-0.39, 0.29) is 12.3 Å². The average Bonchev–Trinajstić information content (AvgIpc) is 3.12. The topological polar surface area (TPSA) is 81.7 Å². The number of nitrogens with one attached hydrogen (secondary N) is 1. The Morgan fingerprint density at radius 3 is 2.87 bits per heavy atom. The lowest BCUT2D eigenvalue weighted by Crippen LogP contribution is -2.17. The summed E-state index contributed by atoms with van der Waals surface area (Å²) < 4.78 is 9.89. The second-order valence-corrected chi connectivity index (χ2v) is 5.80. The third-order valence-electron chi connectivity index (χ3n) is 3.46. The van der Waals surface area contributed by atoms with Crippen LogP contribution in [-0.4, -0.2) is 25.0 Å². The number of anilines is 1. The van der Waals surface area contributed by atoms with Crippen LogP contribution in [0.15, 0.2) is 35.7 Å². The van der Waals surface area contributed by atoms with Gasteiger partial charge >= 0.3 is 11.9 Å². The summed E-state index contributed by atoms with van der Waals surface area (Å²) in [5, 5.41) is 4.34. The largest absolute Gasteiger partial charge is 0.465 e. The molecule has 6 nitrogen and oxygen atoms in total. The van der Waals surface area contributed by atoms with Gasteiger partial charge in [-0.1, -0.05) is 18.2 Å². The highest BCUT2D eigenvalue weighted by Gasteiger charge is 2.32. The normalized spacial score (nSPS) is 15.7. The van der Waals surface area contributed by atoms with Crippen molar-refractivity contribution in [2.45, 2.75) is 12.5 Å². The molecule has 7 heteroatoms. The van der Waals surface area contributed by atoms with Crippen molar-refractivity contribution in [1.29, 1.82) is 0 Å². The van der Waals surface area contributed by atoms with E-state index in [4.69, 9.17) is 4.74 Å². The van der Waals surface area contributed by atoms with Crippen LogP contribution >= 0.6 is 11.3 Å². The van der Waals surface area contributed by atoms with E-state index in [0.29, 0.717) is 21.7 Å². The molecular formula is C16H13NO5S. The third kappa shape index (κ3) is 2.95. The average molecular weight is 331 g/mol. The summed E-state index contributed by atoms with van der Waals surface area (Å²) in [6.45, 7) is 0. The van der Waals surface area contributed by atoms with Crippen molar-refractivity contribution in [1.82, 2.24) is 0 Å². The fourth-order valence-corrected chi connectivity index (χ4v) is 3.17. The molecule has 1 aliphatic rings. The minimum Gasteiger partial charge on any atom is -0.465 e. The quantitative estimate of drug-likeness (QED) is 0.871. The van der Waals surface area contributed by atoms with E-state index in [9.17, 15) is 14.4 Å². The highest BCUT2D eigenvalue weighted by Crippen LogP contribution is 2.33. The van der Waals surface area contributed by atoms with Gasteiger partial charge in [-0.15, -0.1) is 11.3 Å². The van der Waals surface area contributed by atoms with Crippen molar-refractivity contribution in [3.05, 3.63) is 51.7 Å². The van der Waals surface area contributed by atoms with E-state index in [1.54, 1.807) is 35.7 Å². The number of ether oxygens (including phenoxy) is 2. The van der Waals surface area contributed by atoms with E-state index >= 15 is 0 Å². The first kappa shape index (κ1) is 15.2. The number of benzene rings is 1. The number of methoxy groups -OCH3 is 1. The van der Waals surface area contributed by atoms with Gasteiger partial charge in [0.15, 0.2) is 0 Å². The molecule has 2 aromatic rings. The molecule has 1 aromatic heterocycles. The van der Waals surface area contributed by atoms with Gasteiger partial charge in [0.25, 0.3) is 0 Å². The standard InChI is InChI=1S/C16H13NO5S/c1-21-16(20)14-11(6-7-23-14)17-13(18)8-12-9-4-2-3-5-10(9)15(19)22-12/h2-7,12H,8H2,1H3,(H,17,18)/t12-/m1/s1. The van der Waals surface area contributed by atoms with Gasteiger partial charge in [0.05, 0.1) is 24.8 Å². The van der Waals surface area contributed by atoms with Gasteiger partial charge in [0.2, 0.25) is 5.91 Å². The molecule has 0 unspecified atom stereocenters. The van der Waals surface area contributed by atoms with Gasteiger partial charge in [-0.2, -0.15) is 0 Å². The van der Waals surface area contributed by atoms with Crippen LogP contribution in [-0.2, 0) is 14.3 Å². The van der Waals surface area contributed by atoms with Gasteiger partial charge in [0, 0.05) is 5.56 Å². The maximum atomic E-state index is 12.2. The smallest absolute Gasteiger partial charge is 0.350 e. The predicted octanol–water partition coefficient (Wildman–Crippen LogP) is 2.78.